The quantitative estimate of drug-likeness (QED) is 0.653. The lowest BCUT2D eigenvalue weighted by Gasteiger charge is -2.05. The Bertz CT molecular complexity index is 626. The van der Waals surface area contributed by atoms with Gasteiger partial charge in [-0.2, -0.15) is 0 Å². The van der Waals surface area contributed by atoms with Gasteiger partial charge in [0.25, 0.3) is 11.6 Å². The van der Waals surface area contributed by atoms with Crippen molar-refractivity contribution in [2.75, 3.05) is 5.32 Å². The minimum absolute atomic E-state index is 0.0237. The minimum Gasteiger partial charge on any atom is -0.508 e. The molecule has 0 bridgehead atoms. The number of nitrogens with one attached hydrogen (secondary N) is 1. The van der Waals surface area contributed by atoms with Gasteiger partial charge in [0.2, 0.25) is 0 Å². The standard InChI is InChI=1S/C13H10N2O4/c16-12-7-9(6-11(8-12)15(18)19)13(17)14-10-4-2-1-3-5-10/h1-8,16H,(H,14,17). The third kappa shape index (κ3) is 3.06. The molecule has 0 atom stereocenters. The molecule has 2 rings (SSSR count). The van der Waals surface area contributed by atoms with Crippen molar-refractivity contribution in [3.63, 3.8) is 0 Å². The fourth-order valence-electron chi connectivity index (χ4n) is 1.56. The average molecular weight is 258 g/mol. The van der Waals surface area contributed by atoms with E-state index >= 15 is 0 Å². The predicted molar refractivity (Wildman–Crippen MR) is 69.2 cm³/mol. The van der Waals surface area contributed by atoms with Gasteiger partial charge >= 0.3 is 0 Å². The fourth-order valence-corrected chi connectivity index (χ4v) is 1.56. The summed E-state index contributed by atoms with van der Waals surface area (Å²) in [6.07, 6.45) is 0. The van der Waals surface area contributed by atoms with Crippen LogP contribution < -0.4 is 5.32 Å². The summed E-state index contributed by atoms with van der Waals surface area (Å²) in [4.78, 5) is 21.9. The van der Waals surface area contributed by atoms with Gasteiger partial charge in [-0.1, -0.05) is 18.2 Å². The first-order chi connectivity index (χ1) is 9.06. The molecule has 0 aliphatic heterocycles. The lowest BCUT2D eigenvalue weighted by Crippen LogP contribution is -2.11. The summed E-state index contributed by atoms with van der Waals surface area (Å²) in [5.74, 6) is -0.849. The van der Waals surface area contributed by atoms with Gasteiger partial charge in [-0.05, 0) is 18.2 Å². The van der Waals surface area contributed by atoms with E-state index in [9.17, 15) is 20.0 Å². The number of carbonyl (C=O) groups is 1. The van der Waals surface area contributed by atoms with Crippen molar-refractivity contribution in [1.29, 1.82) is 0 Å². The molecule has 19 heavy (non-hydrogen) atoms. The molecule has 0 heterocycles. The zero-order valence-electron chi connectivity index (χ0n) is 9.74. The zero-order valence-corrected chi connectivity index (χ0v) is 9.74. The SMILES string of the molecule is O=C(Nc1ccccc1)c1cc(O)cc([N+](=O)[O-])c1. The van der Waals surface area contributed by atoms with E-state index in [4.69, 9.17) is 0 Å². The van der Waals surface area contributed by atoms with E-state index in [0.717, 1.165) is 12.1 Å². The van der Waals surface area contributed by atoms with Gasteiger partial charge in [0.1, 0.15) is 5.75 Å². The molecule has 2 aromatic carbocycles. The molecule has 6 nitrogen and oxygen atoms in total. The average Bonchev–Trinajstić information content (AvgIpc) is 2.39. The number of hydrogen-bond donors (Lipinski definition) is 2. The first-order valence-corrected chi connectivity index (χ1v) is 5.41. The Morgan fingerprint density at radius 3 is 2.47 bits per heavy atom. The topological polar surface area (TPSA) is 92.5 Å². The van der Waals surface area contributed by atoms with Gasteiger partial charge in [-0.3, -0.25) is 14.9 Å². The van der Waals surface area contributed by atoms with Crippen molar-refractivity contribution in [2.45, 2.75) is 0 Å². The Kier molecular flexibility index (Phi) is 3.42. The van der Waals surface area contributed by atoms with Gasteiger partial charge in [-0.25, -0.2) is 0 Å². The molecule has 2 aromatic rings. The number of phenolic OH excluding ortho intramolecular Hbond substituents is 1. The first-order valence-electron chi connectivity index (χ1n) is 5.41. The number of non-ortho nitro benzene ring substituents is 1. The Labute approximate surface area is 108 Å². The summed E-state index contributed by atoms with van der Waals surface area (Å²) in [6.45, 7) is 0. The third-order valence-corrected chi connectivity index (χ3v) is 2.41. The molecular formula is C13H10N2O4. The van der Waals surface area contributed by atoms with Gasteiger partial charge in [0, 0.05) is 11.8 Å². The molecule has 0 aliphatic carbocycles. The second kappa shape index (κ2) is 5.18. The summed E-state index contributed by atoms with van der Waals surface area (Å²) in [7, 11) is 0. The van der Waals surface area contributed by atoms with Crippen LogP contribution in [0.25, 0.3) is 0 Å². The molecular weight excluding hydrogens is 248 g/mol. The van der Waals surface area contributed by atoms with E-state index in [1.54, 1.807) is 30.3 Å². The molecule has 0 aliphatic rings. The lowest BCUT2D eigenvalue weighted by molar-refractivity contribution is -0.385. The van der Waals surface area contributed by atoms with Gasteiger partial charge < -0.3 is 10.4 Å². The molecule has 0 aromatic heterocycles. The maximum absolute atomic E-state index is 11.9. The molecule has 0 saturated heterocycles. The van der Waals surface area contributed by atoms with Crippen LogP contribution >= 0.6 is 0 Å². The fraction of sp³-hybridized carbons (Fsp3) is 0. The highest BCUT2D eigenvalue weighted by Crippen LogP contribution is 2.22. The summed E-state index contributed by atoms with van der Waals surface area (Å²) in [5.41, 5.74) is 0.257. The number of benzene rings is 2. The number of nitrogens with zero attached hydrogens (tertiary/aromatic N) is 1. The van der Waals surface area contributed by atoms with Crippen LogP contribution in [0, 0.1) is 10.1 Å². The molecule has 2 N–H and O–H groups in total. The predicted octanol–water partition coefficient (Wildman–Crippen LogP) is 2.55. The van der Waals surface area contributed by atoms with Gasteiger partial charge in [0.15, 0.2) is 0 Å². The zero-order chi connectivity index (χ0) is 13.8. The number of carbonyl (C=O) groups excluding carboxylic acids is 1. The first kappa shape index (κ1) is 12.6. The number of nitro benzene ring substituents is 1. The molecule has 1 amide bonds. The number of rotatable bonds is 3. The largest absolute Gasteiger partial charge is 0.508 e. The Balaban J connectivity index is 2.26. The van der Waals surface area contributed by atoms with E-state index in [2.05, 4.69) is 5.32 Å². The van der Waals surface area contributed by atoms with Crippen LogP contribution in [0.2, 0.25) is 0 Å². The maximum Gasteiger partial charge on any atom is 0.273 e. The number of para-hydroxylation sites is 1. The van der Waals surface area contributed by atoms with Crippen LogP contribution in [0.15, 0.2) is 48.5 Å². The van der Waals surface area contributed by atoms with Crippen LogP contribution in [0.4, 0.5) is 11.4 Å². The Hall–Kier alpha value is -2.89. The third-order valence-electron chi connectivity index (χ3n) is 2.41. The summed E-state index contributed by atoms with van der Waals surface area (Å²) < 4.78 is 0. The molecule has 6 heteroatoms. The van der Waals surface area contributed by atoms with E-state index in [0.29, 0.717) is 5.69 Å². The van der Waals surface area contributed by atoms with Crippen molar-refractivity contribution < 1.29 is 14.8 Å². The van der Waals surface area contributed by atoms with Gasteiger partial charge in [-0.15, -0.1) is 0 Å². The van der Waals surface area contributed by atoms with Crippen molar-refractivity contribution in [3.8, 4) is 5.75 Å². The molecule has 96 valence electrons. The monoisotopic (exact) mass is 258 g/mol. The van der Waals surface area contributed by atoms with Crippen LogP contribution in [-0.4, -0.2) is 15.9 Å². The Morgan fingerprint density at radius 2 is 1.84 bits per heavy atom. The van der Waals surface area contributed by atoms with Crippen molar-refractivity contribution in [3.05, 3.63) is 64.2 Å². The summed E-state index contributed by atoms with van der Waals surface area (Å²) in [5, 5.41) is 22.6. The number of nitro groups is 1. The number of hydrogen-bond acceptors (Lipinski definition) is 4. The van der Waals surface area contributed by atoms with E-state index in [-0.39, 0.29) is 17.0 Å². The highest BCUT2D eigenvalue weighted by Gasteiger charge is 2.14. The normalized spacial score (nSPS) is 9.89. The summed E-state index contributed by atoms with van der Waals surface area (Å²) in [6, 6.07) is 11.9. The second-order valence-electron chi connectivity index (χ2n) is 3.82. The number of aromatic hydroxyl groups is 1. The molecule has 0 saturated carbocycles. The van der Waals surface area contributed by atoms with Crippen molar-refractivity contribution in [2.24, 2.45) is 0 Å². The maximum atomic E-state index is 11.9. The Morgan fingerprint density at radius 1 is 1.16 bits per heavy atom. The minimum atomic E-state index is -0.668. The second-order valence-corrected chi connectivity index (χ2v) is 3.82. The van der Waals surface area contributed by atoms with Crippen LogP contribution in [0.1, 0.15) is 10.4 Å². The molecule has 0 fully saturated rings. The van der Waals surface area contributed by atoms with E-state index in [1.807, 2.05) is 0 Å². The molecule has 0 unspecified atom stereocenters. The van der Waals surface area contributed by atoms with Crippen molar-refractivity contribution in [1.82, 2.24) is 0 Å². The number of phenols is 1. The van der Waals surface area contributed by atoms with Crippen LogP contribution in [0.5, 0.6) is 5.75 Å². The smallest absolute Gasteiger partial charge is 0.273 e. The molecule has 0 radical (unpaired) electrons. The number of anilines is 1. The van der Waals surface area contributed by atoms with Gasteiger partial charge in [0.05, 0.1) is 16.6 Å². The van der Waals surface area contributed by atoms with E-state index in [1.165, 1.54) is 6.07 Å². The highest BCUT2D eigenvalue weighted by atomic mass is 16.6. The molecule has 0 spiro atoms. The number of amides is 1. The van der Waals surface area contributed by atoms with E-state index < -0.39 is 10.8 Å². The van der Waals surface area contributed by atoms with Crippen molar-refractivity contribution >= 4 is 17.3 Å². The van der Waals surface area contributed by atoms with Crippen LogP contribution in [-0.2, 0) is 0 Å². The summed E-state index contributed by atoms with van der Waals surface area (Å²) >= 11 is 0. The lowest BCUT2D eigenvalue weighted by atomic mass is 10.1. The van der Waals surface area contributed by atoms with Crippen LogP contribution in [0.3, 0.4) is 0 Å². The highest BCUT2D eigenvalue weighted by molar-refractivity contribution is 6.04.